The monoisotopic (exact) mass is 771 g/mol. The highest BCUT2D eigenvalue weighted by Gasteiger charge is 2.25. The Morgan fingerprint density at radius 2 is 1.36 bits per heavy atom. The zero-order chi connectivity index (χ0) is 40.9. The van der Waals surface area contributed by atoms with E-state index in [4.69, 9.17) is 5.11 Å². The number of hydrogen-bond acceptors (Lipinski definition) is 7. The number of rotatable bonds is 25. The fourth-order valence-corrected chi connectivity index (χ4v) is 6.15. The topological polar surface area (TPSA) is 203 Å². The molecule has 7 N–H and O–H groups in total. The van der Waals surface area contributed by atoms with Gasteiger partial charge in [-0.3, -0.25) is 24.0 Å². The van der Waals surface area contributed by atoms with Crippen LogP contribution in [0.15, 0.2) is 78.9 Å². The summed E-state index contributed by atoms with van der Waals surface area (Å²) >= 11 is 0. The minimum absolute atomic E-state index is 0.0694. The number of carboxylic acids is 2. The van der Waals surface area contributed by atoms with Crippen molar-refractivity contribution in [3.63, 3.8) is 0 Å². The quantitative estimate of drug-likeness (QED) is 0.0582. The summed E-state index contributed by atoms with van der Waals surface area (Å²) < 4.78 is 0. The lowest BCUT2D eigenvalue weighted by atomic mass is 9.97. The van der Waals surface area contributed by atoms with Crippen LogP contribution in [0.3, 0.4) is 0 Å². The first kappa shape index (κ1) is 44.8. The molecule has 0 unspecified atom stereocenters. The number of carbonyl (C=O) groups excluding carboxylic acids is 4. The van der Waals surface area contributed by atoms with E-state index in [0.717, 1.165) is 42.5 Å². The van der Waals surface area contributed by atoms with Crippen LogP contribution in [0, 0.1) is 11.8 Å². The molecule has 13 heteroatoms. The third-order valence-electron chi connectivity index (χ3n) is 9.62. The van der Waals surface area contributed by atoms with Crippen molar-refractivity contribution in [1.29, 1.82) is 0 Å². The van der Waals surface area contributed by atoms with Crippen LogP contribution in [0.25, 0.3) is 11.1 Å². The second-order valence-corrected chi connectivity index (χ2v) is 14.2. The molecule has 3 rings (SSSR count). The van der Waals surface area contributed by atoms with Crippen LogP contribution in [-0.2, 0) is 41.6 Å². The molecule has 0 heterocycles. The molecule has 0 saturated heterocycles. The molecule has 0 radical (unpaired) electrons. The number of benzene rings is 3. The fourth-order valence-electron chi connectivity index (χ4n) is 6.15. The van der Waals surface area contributed by atoms with Gasteiger partial charge in [0.1, 0.15) is 12.1 Å². The van der Waals surface area contributed by atoms with Gasteiger partial charge >= 0.3 is 11.9 Å². The second-order valence-electron chi connectivity index (χ2n) is 14.2. The van der Waals surface area contributed by atoms with Crippen LogP contribution in [0.2, 0.25) is 0 Å². The smallest absolute Gasteiger partial charge is 0.326 e. The molecule has 13 nitrogen and oxygen atoms in total. The lowest BCUT2D eigenvalue weighted by molar-refractivity contribution is -0.142. The van der Waals surface area contributed by atoms with Gasteiger partial charge in [0, 0.05) is 44.3 Å². The van der Waals surface area contributed by atoms with E-state index in [1.165, 1.54) is 12.5 Å². The third-order valence-corrected chi connectivity index (χ3v) is 9.62. The maximum Gasteiger partial charge on any atom is 0.326 e. The average molecular weight is 772 g/mol. The summed E-state index contributed by atoms with van der Waals surface area (Å²) in [5.41, 5.74) is 4.64. The molecular formula is C43H57N5O8. The number of aliphatic carboxylic acids is 2. The van der Waals surface area contributed by atoms with Crippen LogP contribution in [-0.4, -0.2) is 77.5 Å². The standard InChI is InChI=1S/C43H57N5O8/c1-4-31(13-14-32-9-6-5-7-10-32)28-44-25-23-29(2)41(53)48-38(42(54)45-26-24-37(43(55)56)47-39(50)11-8-12-40(51)52)27-33-15-17-34(18-16-33)35-19-21-36(22-20-35)46-30(3)49/h5-7,9-10,15-22,29,31,37-38,44H,4,8,11-14,23-28H2,1-3H3,(H,45,54)(H,46,49)(H,47,50)(H,48,53)(H,51,52)(H,55,56)/t29-,31-,37+,38+/m0/s1. The van der Waals surface area contributed by atoms with Crippen molar-refractivity contribution >= 4 is 41.3 Å². The highest BCUT2D eigenvalue weighted by molar-refractivity contribution is 5.90. The van der Waals surface area contributed by atoms with E-state index in [2.05, 4.69) is 57.8 Å². The van der Waals surface area contributed by atoms with Crippen molar-refractivity contribution < 1.29 is 39.0 Å². The Bertz CT molecular complexity index is 1720. The Labute approximate surface area is 329 Å². The normalized spacial score (nSPS) is 13.1. The molecule has 3 aromatic rings. The van der Waals surface area contributed by atoms with E-state index < -0.39 is 41.8 Å². The average Bonchev–Trinajstić information content (AvgIpc) is 3.17. The summed E-state index contributed by atoms with van der Waals surface area (Å²) in [6, 6.07) is 23.1. The molecule has 0 aliphatic heterocycles. The lowest BCUT2D eigenvalue weighted by Gasteiger charge is -2.22. The molecule has 4 amide bonds. The van der Waals surface area contributed by atoms with Crippen molar-refractivity contribution in [2.24, 2.45) is 11.8 Å². The maximum atomic E-state index is 13.6. The van der Waals surface area contributed by atoms with E-state index in [9.17, 15) is 33.9 Å². The van der Waals surface area contributed by atoms with Gasteiger partial charge in [0.05, 0.1) is 0 Å². The molecule has 0 aromatic heterocycles. The van der Waals surface area contributed by atoms with Gasteiger partial charge in [-0.25, -0.2) is 4.79 Å². The number of nitrogens with one attached hydrogen (secondary N) is 5. The molecular weight excluding hydrogens is 715 g/mol. The van der Waals surface area contributed by atoms with Crippen molar-refractivity contribution in [1.82, 2.24) is 21.3 Å². The Morgan fingerprint density at radius 3 is 1.96 bits per heavy atom. The number of hydrogen-bond donors (Lipinski definition) is 7. The summed E-state index contributed by atoms with van der Waals surface area (Å²) in [6.45, 7) is 6.84. The number of carboxylic acid groups (broad SMARTS) is 2. The molecule has 3 aromatic carbocycles. The molecule has 0 bridgehead atoms. The lowest BCUT2D eigenvalue weighted by Crippen LogP contribution is -2.50. The van der Waals surface area contributed by atoms with E-state index in [1.807, 2.05) is 61.5 Å². The molecule has 4 atom stereocenters. The third kappa shape index (κ3) is 16.8. The van der Waals surface area contributed by atoms with Gasteiger partial charge in [0.15, 0.2) is 0 Å². The molecule has 0 spiro atoms. The van der Waals surface area contributed by atoms with E-state index in [-0.39, 0.29) is 50.5 Å². The molecule has 302 valence electrons. The Kier molecular flexibility index (Phi) is 19.3. The predicted octanol–water partition coefficient (Wildman–Crippen LogP) is 4.94. The van der Waals surface area contributed by atoms with E-state index in [0.29, 0.717) is 24.6 Å². The number of amides is 4. The summed E-state index contributed by atoms with van der Waals surface area (Å²) in [6.07, 6.45) is 3.47. The highest BCUT2D eigenvalue weighted by atomic mass is 16.4. The number of carbonyl (C=O) groups is 6. The highest BCUT2D eigenvalue weighted by Crippen LogP contribution is 2.23. The first-order valence-electron chi connectivity index (χ1n) is 19.4. The molecule has 0 fully saturated rings. The minimum Gasteiger partial charge on any atom is -0.481 e. The zero-order valence-corrected chi connectivity index (χ0v) is 32.6. The summed E-state index contributed by atoms with van der Waals surface area (Å²) in [4.78, 5) is 73.2. The second kappa shape index (κ2) is 24.1. The van der Waals surface area contributed by atoms with Gasteiger partial charge in [-0.05, 0) is 85.5 Å². The molecule has 0 aliphatic rings. The van der Waals surface area contributed by atoms with Crippen LogP contribution >= 0.6 is 0 Å². The van der Waals surface area contributed by atoms with Crippen LogP contribution in [0.1, 0.15) is 76.8 Å². The summed E-state index contributed by atoms with van der Waals surface area (Å²) in [5, 5.41) is 32.7. The molecule has 0 aliphatic carbocycles. The van der Waals surface area contributed by atoms with Gasteiger partial charge in [-0.1, -0.05) is 87.0 Å². The van der Waals surface area contributed by atoms with Crippen molar-refractivity contribution in [2.75, 3.05) is 25.0 Å². The van der Waals surface area contributed by atoms with Crippen molar-refractivity contribution in [3.8, 4) is 11.1 Å². The Hall–Kier alpha value is -5.56. The van der Waals surface area contributed by atoms with E-state index >= 15 is 0 Å². The van der Waals surface area contributed by atoms with Gasteiger partial charge in [0.25, 0.3) is 0 Å². The van der Waals surface area contributed by atoms with Crippen LogP contribution in [0.5, 0.6) is 0 Å². The Morgan fingerprint density at radius 1 is 0.696 bits per heavy atom. The zero-order valence-electron chi connectivity index (χ0n) is 32.6. The van der Waals surface area contributed by atoms with Crippen LogP contribution in [0.4, 0.5) is 5.69 Å². The predicted molar refractivity (Wildman–Crippen MR) is 216 cm³/mol. The fraction of sp³-hybridized carbons (Fsp3) is 0.442. The van der Waals surface area contributed by atoms with E-state index in [1.54, 1.807) is 0 Å². The first-order valence-corrected chi connectivity index (χ1v) is 19.4. The molecule has 0 saturated carbocycles. The summed E-state index contributed by atoms with van der Waals surface area (Å²) in [5.74, 6) is -3.76. The van der Waals surface area contributed by atoms with Gasteiger partial charge < -0.3 is 36.8 Å². The number of aryl methyl sites for hydroxylation is 1. The molecule has 56 heavy (non-hydrogen) atoms. The SMILES string of the molecule is CC[C@@H](CCc1ccccc1)CNCC[C@H](C)C(=O)N[C@H](Cc1ccc(-c2ccc(NC(C)=O)cc2)cc1)C(=O)NCC[C@@H](NC(=O)CCCC(=O)O)C(=O)O. The summed E-state index contributed by atoms with van der Waals surface area (Å²) in [7, 11) is 0. The number of anilines is 1. The van der Waals surface area contributed by atoms with Gasteiger partial charge in [-0.2, -0.15) is 0 Å². The van der Waals surface area contributed by atoms with Crippen molar-refractivity contribution in [2.45, 2.75) is 90.6 Å². The minimum atomic E-state index is -1.29. The van der Waals surface area contributed by atoms with Crippen molar-refractivity contribution in [3.05, 3.63) is 90.0 Å². The largest absolute Gasteiger partial charge is 0.481 e. The van der Waals surface area contributed by atoms with Gasteiger partial charge in [-0.15, -0.1) is 0 Å². The Balaban J connectivity index is 1.61. The maximum absolute atomic E-state index is 13.6. The van der Waals surface area contributed by atoms with Crippen LogP contribution < -0.4 is 26.6 Å². The van der Waals surface area contributed by atoms with Gasteiger partial charge in [0.2, 0.25) is 23.6 Å². The first-order chi connectivity index (χ1) is 26.8.